The molecule has 1 saturated heterocycles. The van der Waals surface area contributed by atoms with Crippen molar-refractivity contribution < 1.29 is 0 Å². The van der Waals surface area contributed by atoms with Gasteiger partial charge in [0.1, 0.15) is 0 Å². The predicted octanol–water partition coefficient (Wildman–Crippen LogP) is 2.90. The van der Waals surface area contributed by atoms with Gasteiger partial charge in [-0.05, 0) is 31.4 Å². The Labute approximate surface area is 87.1 Å². The second-order valence-corrected chi connectivity index (χ2v) is 6.01. The van der Waals surface area contributed by atoms with Crippen LogP contribution in [0.4, 0.5) is 0 Å². The van der Waals surface area contributed by atoms with Crippen molar-refractivity contribution in [1.82, 2.24) is 5.32 Å². The first-order valence-corrected chi connectivity index (χ1v) is 6.53. The van der Waals surface area contributed by atoms with Gasteiger partial charge in [0.2, 0.25) is 0 Å². The van der Waals surface area contributed by atoms with Crippen LogP contribution in [0.3, 0.4) is 0 Å². The van der Waals surface area contributed by atoms with Crippen LogP contribution in [0.1, 0.15) is 40.5 Å². The van der Waals surface area contributed by atoms with Crippen molar-refractivity contribution >= 4 is 11.8 Å². The molecule has 1 fully saturated rings. The lowest BCUT2D eigenvalue weighted by atomic mass is 10.0. The van der Waals surface area contributed by atoms with Crippen molar-refractivity contribution in [2.45, 2.75) is 57.9 Å². The van der Waals surface area contributed by atoms with Gasteiger partial charge < -0.3 is 5.32 Å². The highest BCUT2D eigenvalue weighted by Crippen LogP contribution is 2.25. The van der Waals surface area contributed by atoms with E-state index >= 15 is 0 Å². The topological polar surface area (TPSA) is 12.0 Å². The van der Waals surface area contributed by atoms with E-state index in [1.165, 1.54) is 18.6 Å². The predicted molar refractivity (Wildman–Crippen MR) is 62.4 cm³/mol. The summed E-state index contributed by atoms with van der Waals surface area (Å²) in [6, 6.07) is 1.40. The van der Waals surface area contributed by atoms with E-state index in [2.05, 4.69) is 44.8 Å². The van der Waals surface area contributed by atoms with E-state index in [1.807, 2.05) is 0 Å². The first kappa shape index (κ1) is 11.4. The maximum absolute atomic E-state index is 3.75. The van der Waals surface area contributed by atoms with Crippen LogP contribution in [-0.4, -0.2) is 23.1 Å². The SMILES string of the molecule is CC(C)C(C)NC1CCCSC1C. The molecule has 1 heterocycles. The van der Waals surface area contributed by atoms with Gasteiger partial charge in [-0.25, -0.2) is 0 Å². The second kappa shape index (κ2) is 5.26. The quantitative estimate of drug-likeness (QED) is 0.753. The Bertz CT molecular complexity index is 147. The molecule has 3 atom stereocenters. The zero-order valence-corrected chi connectivity index (χ0v) is 10.2. The summed E-state index contributed by atoms with van der Waals surface area (Å²) in [5.74, 6) is 2.11. The molecule has 3 unspecified atom stereocenters. The van der Waals surface area contributed by atoms with Crippen LogP contribution in [0, 0.1) is 5.92 Å². The Balaban J connectivity index is 2.33. The number of rotatable bonds is 3. The van der Waals surface area contributed by atoms with Gasteiger partial charge in [0, 0.05) is 17.3 Å². The van der Waals surface area contributed by atoms with Gasteiger partial charge in [0.25, 0.3) is 0 Å². The number of hydrogen-bond donors (Lipinski definition) is 1. The third kappa shape index (κ3) is 3.51. The molecule has 0 bridgehead atoms. The molecule has 0 aliphatic carbocycles. The maximum atomic E-state index is 3.75. The minimum Gasteiger partial charge on any atom is -0.310 e. The first-order chi connectivity index (χ1) is 6.11. The molecule has 78 valence electrons. The van der Waals surface area contributed by atoms with Crippen LogP contribution in [0.2, 0.25) is 0 Å². The third-order valence-electron chi connectivity index (χ3n) is 3.08. The highest BCUT2D eigenvalue weighted by atomic mass is 32.2. The van der Waals surface area contributed by atoms with Crippen LogP contribution < -0.4 is 5.32 Å². The van der Waals surface area contributed by atoms with E-state index in [1.54, 1.807) is 0 Å². The number of nitrogens with one attached hydrogen (secondary N) is 1. The second-order valence-electron chi connectivity index (χ2n) is 4.52. The number of thioether (sulfide) groups is 1. The molecule has 1 aliphatic heterocycles. The van der Waals surface area contributed by atoms with E-state index in [0.29, 0.717) is 6.04 Å². The monoisotopic (exact) mass is 201 g/mol. The average Bonchev–Trinajstić information content (AvgIpc) is 2.08. The van der Waals surface area contributed by atoms with Crippen LogP contribution in [0.25, 0.3) is 0 Å². The third-order valence-corrected chi connectivity index (χ3v) is 4.46. The zero-order chi connectivity index (χ0) is 9.84. The molecule has 0 aromatic rings. The van der Waals surface area contributed by atoms with Gasteiger partial charge in [-0.1, -0.05) is 20.8 Å². The molecule has 1 N–H and O–H groups in total. The van der Waals surface area contributed by atoms with Crippen LogP contribution >= 0.6 is 11.8 Å². The van der Waals surface area contributed by atoms with Crippen molar-refractivity contribution in [3.63, 3.8) is 0 Å². The van der Waals surface area contributed by atoms with Crippen molar-refractivity contribution in [3.8, 4) is 0 Å². The van der Waals surface area contributed by atoms with Crippen molar-refractivity contribution in [2.75, 3.05) is 5.75 Å². The summed E-state index contributed by atoms with van der Waals surface area (Å²) >= 11 is 2.12. The zero-order valence-electron chi connectivity index (χ0n) is 9.34. The molecule has 0 aromatic heterocycles. The van der Waals surface area contributed by atoms with Crippen LogP contribution in [-0.2, 0) is 0 Å². The smallest absolute Gasteiger partial charge is 0.0186 e. The molecule has 0 saturated carbocycles. The fourth-order valence-electron chi connectivity index (χ4n) is 1.67. The molecular weight excluding hydrogens is 178 g/mol. The Kier molecular flexibility index (Phi) is 4.60. The van der Waals surface area contributed by atoms with Gasteiger partial charge in [0.05, 0.1) is 0 Å². The molecule has 0 aromatic carbocycles. The van der Waals surface area contributed by atoms with E-state index < -0.39 is 0 Å². The minimum atomic E-state index is 0.658. The Morgan fingerprint density at radius 3 is 2.54 bits per heavy atom. The number of hydrogen-bond acceptors (Lipinski definition) is 2. The standard InChI is InChI=1S/C11H23NS/c1-8(2)9(3)12-11-6-5-7-13-10(11)4/h8-12H,5-7H2,1-4H3. The molecule has 2 heteroatoms. The maximum Gasteiger partial charge on any atom is 0.0186 e. The lowest BCUT2D eigenvalue weighted by Gasteiger charge is -2.33. The summed E-state index contributed by atoms with van der Waals surface area (Å²) in [4.78, 5) is 0. The molecule has 1 aliphatic rings. The normalized spacial score (nSPS) is 32.1. The van der Waals surface area contributed by atoms with Crippen molar-refractivity contribution in [1.29, 1.82) is 0 Å². The molecule has 1 nitrogen and oxygen atoms in total. The van der Waals surface area contributed by atoms with Gasteiger partial charge in [-0.15, -0.1) is 0 Å². The molecular formula is C11H23NS. The molecule has 0 amide bonds. The van der Waals surface area contributed by atoms with Crippen LogP contribution in [0.15, 0.2) is 0 Å². The molecule has 0 spiro atoms. The van der Waals surface area contributed by atoms with Crippen molar-refractivity contribution in [2.24, 2.45) is 5.92 Å². The molecule has 13 heavy (non-hydrogen) atoms. The summed E-state index contributed by atoms with van der Waals surface area (Å²) in [7, 11) is 0. The van der Waals surface area contributed by atoms with Gasteiger partial charge in [-0.3, -0.25) is 0 Å². The fraction of sp³-hybridized carbons (Fsp3) is 1.00. The summed E-state index contributed by atoms with van der Waals surface area (Å²) in [5.41, 5.74) is 0. The Morgan fingerprint density at radius 2 is 2.00 bits per heavy atom. The largest absolute Gasteiger partial charge is 0.310 e. The average molecular weight is 201 g/mol. The summed E-state index contributed by atoms with van der Waals surface area (Å²) in [5, 5.41) is 4.55. The van der Waals surface area contributed by atoms with Gasteiger partial charge in [-0.2, -0.15) is 11.8 Å². The lowest BCUT2D eigenvalue weighted by molar-refractivity contribution is 0.352. The first-order valence-electron chi connectivity index (χ1n) is 5.49. The van der Waals surface area contributed by atoms with E-state index in [4.69, 9.17) is 0 Å². The fourth-order valence-corrected chi connectivity index (χ4v) is 2.82. The van der Waals surface area contributed by atoms with E-state index in [0.717, 1.165) is 17.2 Å². The van der Waals surface area contributed by atoms with E-state index in [9.17, 15) is 0 Å². The summed E-state index contributed by atoms with van der Waals surface area (Å²) in [6.07, 6.45) is 2.75. The highest BCUT2D eigenvalue weighted by molar-refractivity contribution is 7.99. The van der Waals surface area contributed by atoms with E-state index in [-0.39, 0.29) is 0 Å². The molecule has 1 rings (SSSR count). The summed E-state index contributed by atoms with van der Waals surface area (Å²) < 4.78 is 0. The minimum absolute atomic E-state index is 0.658. The van der Waals surface area contributed by atoms with Crippen LogP contribution in [0.5, 0.6) is 0 Å². The summed E-state index contributed by atoms with van der Waals surface area (Å²) in [6.45, 7) is 9.24. The van der Waals surface area contributed by atoms with Gasteiger partial charge in [0.15, 0.2) is 0 Å². The molecule has 0 radical (unpaired) electrons. The Hall–Kier alpha value is 0.310. The highest BCUT2D eigenvalue weighted by Gasteiger charge is 2.23. The Morgan fingerprint density at radius 1 is 1.31 bits per heavy atom. The van der Waals surface area contributed by atoms with Gasteiger partial charge >= 0.3 is 0 Å². The van der Waals surface area contributed by atoms with Crippen molar-refractivity contribution in [3.05, 3.63) is 0 Å². The lowest BCUT2D eigenvalue weighted by Crippen LogP contribution is -2.45.